The number of sulfonamides is 1. The van der Waals surface area contributed by atoms with Crippen LogP contribution >= 0.6 is 0 Å². The summed E-state index contributed by atoms with van der Waals surface area (Å²) in [5.74, 6) is 0. The molecule has 94 valence electrons. The summed E-state index contributed by atoms with van der Waals surface area (Å²) in [6.07, 6.45) is 0. The predicted molar refractivity (Wildman–Crippen MR) is 70.0 cm³/mol. The molecule has 0 saturated carbocycles. The first-order valence-electron chi connectivity index (χ1n) is 5.31. The van der Waals surface area contributed by atoms with Crippen molar-refractivity contribution in [3.63, 3.8) is 0 Å². The van der Waals surface area contributed by atoms with E-state index in [0.29, 0.717) is 11.4 Å². The van der Waals surface area contributed by atoms with Crippen molar-refractivity contribution < 1.29 is 8.42 Å². The molecule has 6 heteroatoms. The first kappa shape index (κ1) is 12.5. The highest BCUT2D eigenvalue weighted by Gasteiger charge is 2.35. The number of allylic oxidation sites excluding steroid dienone is 1. The molecule has 0 fully saturated rings. The lowest BCUT2D eigenvalue weighted by molar-refractivity contribution is 0.580. The molecule has 0 radical (unpaired) electrons. The summed E-state index contributed by atoms with van der Waals surface area (Å²) in [7, 11) is 1.16. The van der Waals surface area contributed by atoms with Gasteiger partial charge in [-0.2, -0.15) is 5.26 Å². The summed E-state index contributed by atoms with van der Waals surface area (Å²) < 4.78 is 25.6. The third-order valence-corrected chi connectivity index (χ3v) is 4.60. The third-order valence-electron chi connectivity index (χ3n) is 2.88. The lowest BCUT2D eigenvalue weighted by Crippen LogP contribution is -2.34. The molecule has 0 saturated heterocycles. The Hall–Kier alpha value is -2.00. The topological polar surface area (TPSA) is 64.4 Å². The van der Waals surface area contributed by atoms with Crippen molar-refractivity contribution in [2.45, 2.75) is 0 Å². The molecule has 2 rings (SSSR count). The molecule has 1 aromatic carbocycles. The van der Waals surface area contributed by atoms with E-state index in [1.54, 1.807) is 37.2 Å². The Bertz CT molecular complexity index is 669. The lowest BCUT2D eigenvalue weighted by Gasteiger charge is -2.31. The fourth-order valence-corrected chi connectivity index (χ4v) is 3.36. The molecule has 1 aliphatic rings. The zero-order valence-corrected chi connectivity index (χ0v) is 11.2. The molecular formula is C12H13N3O2S. The van der Waals surface area contributed by atoms with Gasteiger partial charge in [0.2, 0.25) is 0 Å². The molecule has 0 unspecified atom stereocenters. The molecule has 0 N–H and O–H groups in total. The molecule has 0 aromatic heterocycles. The highest BCUT2D eigenvalue weighted by atomic mass is 32.2. The van der Waals surface area contributed by atoms with Gasteiger partial charge in [-0.25, -0.2) is 8.42 Å². The van der Waals surface area contributed by atoms with Gasteiger partial charge in [0.25, 0.3) is 10.0 Å². The number of fused-ring (bicyclic) bond motifs is 1. The summed E-state index contributed by atoms with van der Waals surface area (Å²) in [5.41, 5.74) is 1.77. The third kappa shape index (κ3) is 1.56. The van der Waals surface area contributed by atoms with E-state index in [9.17, 15) is 8.42 Å². The molecule has 0 amide bonds. The highest BCUT2D eigenvalue weighted by molar-refractivity contribution is 7.97. The van der Waals surface area contributed by atoms with Crippen molar-refractivity contribution in [1.29, 1.82) is 5.26 Å². The maximum atomic E-state index is 12.2. The molecule has 18 heavy (non-hydrogen) atoms. The number of nitriles is 1. The standard InChI is InChI=1S/C12H13N3O2S/c1-14(2)12-9-6-4-5-7-10(9)15(3)18(16,17)11(12)8-13/h4-7H,1-3H3. The van der Waals surface area contributed by atoms with Crippen molar-refractivity contribution in [3.05, 3.63) is 34.7 Å². The average Bonchev–Trinajstić information content (AvgIpc) is 2.33. The summed E-state index contributed by atoms with van der Waals surface area (Å²) in [5, 5.41) is 9.15. The van der Waals surface area contributed by atoms with Crippen LogP contribution in [0.1, 0.15) is 5.56 Å². The van der Waals surface area contributed by atoms with Gasteiger partial charge in [-0.3, -0.25) is 4.31 Å². The maximum Gasteiger partial charge on any atom is 0.276 e. The van der Waals surface area contributed by atoms with Gasteiger partial charge in [0.15, 0.2) is 4.91 Å². The van der Waals surface area contributed by atoms with Gasteiger partial charge in [0.05, 0.1) is 11.4 Å². The lowest BCUT2D eigenvalue weighted by atomic mass is 10.1. The SMILES string of the molecule is CN(C)C1=C(C#N)S(=O)(=O)N(C)c2ccccc21. The van der Waals surface area contributed by atoms with E-state index in [1.165, 1.54) is 7.05 Å². The van der Waals surface area contributed by atoms with Crippen molar-refractivity contribution in [3.8, 4) is 6.07 Å². The summed E-state index contributed by atoms with van der Waals surface area (Å²) in [6, 6.07) is 8.94. The van der Waals surface area contributed by atoms with Gasteiger partial charge in [0, 0.05) is 26.7 Å². The van der Waals surface area contributed by atoms with Crippen molar-refractivity contribution in [2.24, 2.45) is 0 Å². The Labute approximate surface area is 107 Å². The van der Waals surface area contributed by atoms with Crippen LogP contribution in [0.2, 0.25) is 0 Å². The van der Waals surface area contributed by atoms with Crippen LogP contribution in [0.4, 0.5) is 5.69 Å². The second-order valence-electron chi connectivity index (χ2n) is 4.17. The highest BCUT2D eigenvalue weighted by Crippen LogP contribution is 2.38. The number of hydrogen-bond acceptors (Lipinski definition) is 4. The number of hydrogen-bond donors (Lipinski definition) is 0. The van der Waals surface area contributed by atoms with Crippen LogP contribution in [0.3, 0.4) is 0 Å². The summed E-state index contributed by atoms with van der Waals surface area (Å²) in [4.78, 5) is 1.44. The molecule has 1 aliphatic heterocycles. The van der Waals surface area contributed by atoms with Crippen molar-refractivity contribution in [1.82, 2.24) is 4.90 Å². The number of para-hydroxylation sites is 1. The van der Waals surface area contributed by atoms with E-state index in [4.69, 9.17) is 5.26 Å². The minimum atomic E-state index is -3.75. The fourth-order valence-electron chi connectivity index (χ4n) is 2.01. The first-order chi connectivity index (χ1) is 8.41. The molecule has 0 spiro atoms. The van der Waals surface area contributed by atoms with Crippen LogP contribution < -0.4 is 4.31 Å². The monoisotopic (exact) mass is 263 g/mol. The molecule has 1 heterocycles. The molecule has 0 bridgehead atoms. The van der Waals surface area contributed by atoms with E-state index in [-0.39, 0.29) is 4.91 Å². The van der Waals surface area contributed by atoms with Crippen LogP contribution in [-0.2, 0) is 10.0 Å². The molecule has 0 atom stereocenters. The maximum absolute atomic E-state index is 12.2. The summed E-state index contributed by atoms with van der Waals surface area (Å²) in [6.45, 7) is 0. The van der Waals surface area contributed by atoms with Crippen LogP contribution in [-0.4, -0.2) is 34.5 Å². The normalized spacial score (nSPS) is 17.1. The molecule has 1 aromatic rings. The summed E-state index contributed by atoms with van der Waals surface area (Å²) >= 11 is 0. The Kier molecular flexibility index (Phi) is 2.79. The van der Waals surface area contributed by atoms with Crippen LogP contribution in [0.25, 0.3) is 5.70 Å². The van der Waals surface area contributed by atoms with E-state index < -0.39 is 10.0 Å². The van der Waals surface area contributed by atoms with Gasteiger partial charge in [0.1, 0.15) is 6.07 Å². The number of benzene rings is 1. The second kappa shape index (κ2) is 4.03. The van der Waals surface area contributed by atoms with Gasteiger partial charge < -0.3 is 4.90 Å². The number of rotatable bonds is 1. The molecular weight excluding hydrogens is 250 g/mol. The Morgan fingerprint density at radius 3 is 2.44 bits per heavy atom. The minimum absolute atomic E-state index is 0.214. The number of nitrogens with zero attached hydrogens (tertiary/aromatic N) is 3. The zero-order valence-electron chi connectivity index (χ0n) is 10.4. The average molecular weight is 263 g/mol. The van der Waals surface area contributed by atoms with Gasteiger partial charge in [-0.1, -0.05) is 18.2 Å². The van der Waals surface area contributed by atoms with Crippen molar-refractivity contribution >= 4 is 21.4 Å². The fraction of sp³-hybridized carbons (Fsp3) is 0.250. The van der Waals surface area contributed by atoms with Gasteiger partial charge in [-0.15, -0.1) is 0 Å². The first-order valence-corrected chi connectivity index (χ1v) is 6.75. The Morgan fingerprint density at radius 2 is 1.89 bits per heavy atom. The number of anilines is 1. The second-order valence-corrected chi connectivity index (χ2v) is 6.08. The van der Waals surface area contributed by atoms with E-state index >= 15 is 0 Å². The van der Waals surface area contributed by atoms with Crippen LogP contribution in [0.5, 0.6) is 0 Å². The molecule has 5 nitrogen and oxygen atoms in total. The zero-order chi connectivity index (χ0) is 13.5. The van der Waals surface area contributed by atoms with E-state index in [0.717, 1.165) is 9.87 Å². The largest absolute Gasteiger partial charge is 0.375 e. The van der Waals surface area contributed by atoms with Crippen LogP contribution in [0.15, 0.2) is 29.2 Å². The minimum Gasteiger partial charge on any atom is -0.375 e. The predicted octanol–water partition coefficient (Wildman–Crippen LogP) is 1.22. The molecule has 0 aliphatic carbocycles. The van der Waals surface area contributed by atoms with E-state index in [1.807, 2.05) is 12.1 Å². The quantitative estimate of drug-likeness (QED) is 0.764. The van der Waals surface area contributed by atoms with E-state index in [2.05, 4.69) is 0 Å². The van der Waals surface area contributed by atoms with Crippen molar-refractivity contribution in [2.75, 3.05) is 25.4 Å². The smallest absolute Gasteiger partial charge is 0.276 e. The van der Waals surface area contributed by atoms with Gasteiger partial charge in [-0.05, 0) is 6.07 Å². The Balaban J connectivity index is 2.91. The van der Waals surface area contributed by atoms with Crippen LogP contribution in [0, 0.1) is 11.3 Å². The van der Waals surface area contributed by atoms with Gasteiger partial charge >= 0.3 is 0 Å². The Morgan fingerprint density at radius 1 is 1.28 bits per heavy atom.